The topological polar surface area (TPSA) is 27.1 Å². The van der Waals surface area contributed by atoms with E-state index in [0.717, 1.165) is 11.4 Å². The van der Waals surface area contributed by atoms with Crippen molar-refractivity contribution in [2.45, 2.75) is 13.8 Å². The van der Waals surface area contributed by atoms with E-state index >= 15 is 0 Å². The second-order valence-electron chi connectivity index (χ2n) is 2.47. The largest absolute Gasteiger partial charge is 0.464 e. The van der Waals surface area contributed by atoms with E-state index in [9.17, 15) is 0 Å². The number of hydrogen-bond acceptors (Lipinski definition) is 2. The number of ether oxygens (including phenoxy) is 1. The van der Waals surface area contributed by atoms with E-state index in [4.69, 9.17) is 4.74 Å². The van der Waals surface area contributed by atoms with Crippen LogP contribution in [0.25, 0.3) is 0 Å². The molecule has 0 N–H and O–H groups in total. The van der Waals surface area contributed by atoms with E-state index in [0.29, 0.717) is 6.61 Å². The van der Waals surface area contributed by atoms with Gasteiger partial charge in [0.15, 0.2) is 6.61 Å². The van der Waals surface area contributed by atoms with Gasteiger partial charge < -0.3 is 4.74 Å². The lowest BCUT2D eigenvalue weighted by Gasteiger charge is -2.02. The molecule has 0 radical (unpaired) electrons. The number of rotatable bonds is 2. The fourth-order valence-corrected chi connectivity index (χ4v) is 0.920. The van der Waals surface area contributed by atoms with Crippen LogP contribution in [0.1, 0.15) is 12.5 Å². The molecular formula is C9H12N2O. The van der Waals surface area contributed by atoms with Gasteiger partial charge in [-0.3, -0.25) is 0 Å². The zero-order valence-electron chi connectivity index (χ0n) is 7.59. The Labute approximate surface area is 72.3 Å². The normalized spacial score (nSPS) is 8.92. The summed E-state index contributed by atoms with van der Waals surface area (Å²) in [6.07, 6.45) is 1.77. The zero-order valence-corrected chi connectivity index (χ0v) is 7.59. The molecule has 1 rings (SSSR count). The highest BCUT2D eigenvalue weighted by molar-refractivity contribution is 5.22. The highest BCUT2D eigenvalue weighted by Crippen LogP contribution is 2.14. The van der Waals surface area contributed by atoms with Crippen LogP contribution in [-0.4, -0.2) is 16.4 Å². The fourth-order valence-electron chi connectivity index (χ4n) is 0.920. The Kier molecular flexibility index (Phi) is 2.76. The lowest BCUT2D eigenvalue weighted by atomic mass is 10.4. The van der Waals surface area contributed by atoms with Crippen LogP contribution in [-0.2, 0) is 7.05 Å². The Morgan fingerprint density at radius 2 is 2.42 bits per heavy atom. The van der Waals surface area contributed by atoms with E-state index < -0.39 is 0 Å². The Balaban J connectivity index is 2.65. The minimum Gasteiger partial charge on any atom is -0.464 e. The molecule has 1 aromatic rings. The summed E-state index contributed by atoms with van der Waals surface area (Å²) in [7, 11) is 1.85. The van der Waals surface area contributed by atoms with Gasteiger partial charge in [-0.15, -0.1) is 5.92 Å². The van der Waals surface area contributed by atoms with Gasteiger partial charge in [-0.2, -0.15) is 5.10 Å². The molecule has 64 valence electrons. The maximum Gasteiger partial charge on any atom is 0.215 e. The van der Waals surface area contributed by atoms with Crippen LogP contribution in [0.15, 0.2) is 6.20 Å². The van der Waals surface area contributed by atoms with Crippen molar-refractivity contribution in [2.75, 3.05) is 6.61 Å². The summed E-state index contributed by atoms with van der Waals surface area (Å²) in [4.78, 5) is 0. The van der Waals surface area contributed by atoms with Gasteiger partial charge in [-0.1, -0.05) is 5.92 Å². The van der Waals surface area contributed by atoms with Gasteiger partial charge in [0.1, 0.15) is 0 Å². The summed E-state index contributed by atoms with van der Waals surface area (Å²) in [6, 6.07) is 0. The van der Waals surface area contributed by atoms with E-state index in [2.05, 4.69) is 16.9 Å². The highest BCUT2D eigenvalue weighted by atomic mass is 16.5. The third kappa shape index (κ3) is 1.79. The molecule has 0 atom stereocenters. The van der Waals surface area contributed by atoms with Crippen molar-refractivity contribution in [3.8, 4) is 17.7 Å². The van der Waals surface area contributed by atoms with Crippen molar-refractivity contribution in [2.24, 2.45) is 7.05 Å². The maximum absolute atomic E-state index is 5.37. The Morgan fingerprint density at radius 3 is 2.92 bits per heavy atom. The van der Waals surface area contributed by atoms with Crippen LogP contribution in [0, 0.1) is 18.8 Å². The molecule has 0 saturated carbocycles. The van der Waals surface area contributed by atoms with Crippen LogP contribution in [0.2, 0.25) is 0 Å². The van der Waals surface area contributed by atoms with Crippen LogP contribution < -0.4 is 4.74 Å². The predicted molar refractivity (Wildman–Crippen MR) is 46.9 cm³/mol. The average molecular weight is 164 g/mol. The van der Waals surface area contributed by atoms with Crippen molar-refractivity contribution in [1.29, 1.82) is 0 Å². The summed E-state index contributed by atoms with van der Waals surface area (Å²) in [5.41, 5.74) is 1.04. The average Bonchev–Trinajstić information content (AvgIpc) is 2.35. The summed E-state index contributed by atoms with van der Waals surface area (Å²) in [5.74, 6) is 6.38. The van der Waals surface area contributed by atoms with Gasteiger partial charge in [0, 0.05) is 12.6 Å². The second kappa shape index (κ2) is 3.82. The van der Waals surface area contributed by atoms with E-state index in [1.807, 2.05) is 14.0 Å². The van der Waals surface area contributed by atoms with Crippen LogP contribution in [0.3, 0.4) is 0 Å². The molecule has 0 spiro atoms. The summed E-state index contributed by atoms with van der Waals surface area (Å²) in [6.45, 7) is 4.18. The van der Waals surface area contributed by atoms with Crippen molar-refractivity contribution in [3.63, 3.8) is 0 Å². The molecule has 0 aliphatic heterocycles. The van der Waals surface area contributed by atoms with Crippen molar-refractivity contribution in [1.82, 2.24) is 9.78 Å². The fraction of sp³-hybridized carbons (Fsp3) is 0.444. The molecule has 0 amide bonds. The van der Waals surface area contributed by atoms with Crippen molar-refractivity contribution < 1.29 is 4.74 Å². The van der Waals surface area contributed by atoms with Gasteiger partial charge in [-0.05, 0) is 13.8 Å². The van der Waals surface area contributed by atoms with Crippen LogP contribution in [0.5, 0.6) is 5.88 Å². The van der Waals surface area contributed by atoms with Crippen LogP contribution in [0.4, 0.5) is 0 Å². The lowest BCUT2D eigenvalue weighted by molar-refractivity contribution is 0.333. The van der Waals surface area contributed by atoms with Gasteiger partial charge in [-0.25, -0.2) is 4.68 Å². The van der Waals surface area contributed by atoms with Gasteiger partial charge >= 0.3 is 0 Å². The molecule has 1 aromatic heterocycles. The van der Waals surface area contributed by atoms with E-state index in [-0.39, 0.29) is 0 Å². The van der Waals surface area contributed by atoms with Gasteiger partial charge in [0.25, 0.3) is 0 Å². The zero-order chi connectivity index (χ0) is 8.97. The minimum absolute atomic E-state index is 0.427. The smallest absolute Gasteiger partial charge is 0.215 e. The molecule has 0 aliphatic carbocycles. The van der Waals surface area contributed by atoms with Crippen LogP contribution >= 0.6 is 0 Å². The van der Waals surface area contributed by atoms with Gasteiger partial charge in [0.05, 0.1) is 6.20 Å². The number of nitrogens with zero attached hydrogens (tertiary/aromatic N) is 2. The van der Waals surface area contributed by atoms with Crippen molar-refractivity contribution in [3.05, 3.63) is 11.8 Å². The Bertz CT molecular complexity index is 298. The molecule has 12 heavy (non-hydrogen) atoms. The number of aryl methyl sites for hydroxylation is 2. The molecule has 0 aromatic carbocycles. The standard InChI is InChI=1S/C9H12N2O/c1-4-5-6-12-9-8(2)7-10-11(9)3/h7H,6H2,1-3H3. The molecule has 0 unspecified atom stereocenters. The first kappa shape index (κ1) is 8.66. The van der Waals surface area contributed by atoms with Crippen molar-refractivity contribution >= 4 is 0 Å². The maximum atomic E-state index is 5.37. The molecule has 3 heteroatoms. The summed E-state index contributed by atoms with van der Waals surface area (Å²) < 4.78 is 7.08. The number of hydrogen-bond donors (Lipinski definition) is 0. The van der Waals surface area contributed by atoms with E-state index in [1.165, 1.54) is 0 Å². The summed E-state index contributed by atoms with van der Waals surface area (Å²) in [5, 5.41) is 4.04. The molecule has 0 aliphatic rings. The first-order valence-corrected chi connectivity index (χ1v) is 3.76. The van der Waals surface area contributed by atoms with Gasteiger partial charge in [0.2, 0.25) is 5.88 Å². The monoisotopic (exact) mass is 164 g/mol. The molecule has 0 saturated heterocycles. The molecule has 0 bridgehead atoms. The molecule has 3 nitrogen and oxygen atoms in total. The SMILES string of the molecule is CC#CCOc1c(C)cnn1C. The Hall–Kier alpha value is -1.43. The lowest BCUT2D eigenvalue weighted by Crippen LogP contribution is -2.01. The van der Waals surface area contributed by atoms with E-state index in [1.54, 1.807) is 17.8 Å². The Morgan fingerprint density at radius 1 is 1.67 bits per heavy atom. The second-order valence-corrected chi connectivity index (χ2v) is 2.47. The summed E-state index contributed by atoms with van der Waals surface area (Å²) >= 11 is 0. The number of aromatic nitrogens is 2. The quantitative estimate of drug-likeness (QED) is 0.613. The molecular weight excluding hydrogens is 152 g/mol. The molecule has 1 heterocycles. The predicted octanol–water partition coefficient (Wildman–Crippen LogP) is 1.13. The molecule has 0 fully saturated rings. The third-order valence-electron chi connectivity index (χ3n) is 1.51. The first-order valence-electron chi connectivity index (χ1n) is 3.76. The first-order chi connectivity index (χ1) is 5.75. The highest BCUT2D eigenvalue weighted by Gasteiger charge is 2.03. The minimum atomic E-state index is 0.427. The third-order valence-corrected chi connectivity index (χ3v) is 1.51.